The molecule has 30 heavy (non-hydrogen) atoms. The Hall–Kier alpha value is -2.20. The molecule has 3 aromatic rings. The summed E-state index contributed by atoms with van der Waals surface area (Å²) in [5.41, 5.74) is 7.58. The van der Waals surface area contributed by atoms with Crippen molar-refractivity contribution in [2.24, 2.45) is 11.7 Å². The van der Waals surface area contributed by atoms with Crippen LogP contribution in [0.4, 0.5) is 15.2 Å². The van der Waals surface area contributed by atoms with E-state index in [4.69, 9.17) is 17.3 Å². The third kappa shape index (κ3) is 5.69. The monoisotopic (exact) mass is 468 g/mol. The molecule has 0 aliphatic carbocycles. The minimum atomic E-state index is -4.15. The van der Waals surface area contributed by atoms with E-state index in [2.05, 4.69) is 15.0 Å². The molecule has 0 aliphatic rings. The topological polar surface area (TPSA) is 97.1 Å². The fraction of sp³-hybridized carbons (Fsp3) is 0.250. The highest BCUT2D eigenvalue weighted by atomic mass is 35.5. The van der Waals surface area contributed by atoms with Gasteiger partial charge in [0.2, 0.25) is 0 Å². The second-order valence-corrected chi connectivity index (χ2v) is 9.85. The van der Waals surface area contributed by atoms with Gasteiger partial charge in [0.15, 0.2) is 5.13 Å². The number of benzene rings is 2. The van der Waals surface area contributed by atoms with Crippen LogP contribution in [-0.4, -0.2) is 26.0 Å². The smallest absolute Gasteiger partial charge is 0.266 e. The molecule has 6 nitrogen and oxygen atoms in total. The fourth-order valence-electron chi connectivity index (χ4n) is 2.92. The van der Waals surface area contributed by atoms with Crippen molar-refractivity contribution in [2.75, 3.05) is 16.6 Å². The van der Waals surface area contributed by atoms with Crippen molar-refractivity contribution in [2.45, 2.75) is 24.3 Å². The van der Waals surface area contributed by atoms with Gasteiger partial charge in [-0.05, 0) is 37.0 Å². The first-order valence-electron chi connectivity index (χ1n) is 9.21. The lowest BCUT2D eigenvalue weighted by Crippen LogP contribution is -2.33. The van der Waals surface area contributed by atoms with Crippen molar-refractivity contribution in [3.05, 3.63) is 70.4 Å². The minimum absolute atomic E-state index is 0.0708. The lowest BCUT2D eigenvalue weighted by Gasteiger charge is -2.22. The van der Waals surface area contributed by atoms with E-state index in [1.165, 1.54) is 6.20 Å². The molecule has 3 rings (SSSR count). The molecule has 0 unspecified atom stereocenters. The predicted octanol–water partition coefficient (Wildman–Crippen LogP) is 4.35. The summed E-state index contributed by atoms with van der Waals surface area (Å²) in [5, 5.41) is 4.95. The zero-order valence-electron chi connectivity index (χ0n) is 16.2. The number of halogens is 2. The third-order valence-corrected chi connectivity index (χ3v) is 7.09. The van der Waals surface area contributed by atoms with Crippen molar-refractivity contribution < 1.29 is 12.8 Å². The largest absolute Gasteiger partial charge is 0.383 e. The first kappa shape index (κ1) is 22.5. The number of hydrogen-bond acceptors (Lipinski definition) is 6. The molecule has 0 amide bonds. The Morgan fingerprint density at radius 1 is 1.27 bits per heavy atom. The van der Waals surface area contributed by atoms with Crippen LogP contribution in [0.25, 0.3) is 0 Å². The highest BCUT2D eigenvalue weighted by molar-refractivity contribution is 7.93. The maximum absolute atomic E-state index is 14.6. The summed E-state index contributed by atoms with van der Waals surface area (Å²) in [4.78, 5) is 3.30. The first-order valence-corrected chi connectivity index (χ1v) is 11.9. The van der Waals surface area contributed by atoms with Crippen molar-refractivity contribution in [1.29, 1.82) is 0 Å². The van der Waals surface area contributed by atoms with Gasteiger partial charge in [0.05, 0.1) is 10.7 Å². The van der Waals surface area contributed by atoms with Gasteiger partial charge in [-0.2, -0.15) is 0 Å². The van der Waals surface area contributed by atoms with Gasteiger partial charge in [-0.1, -0.05) is 41.9 Å². The number of sulfonamides is 1. The van der Waals surface area contributed by atoms with Gasteiger partial charge in [-0.25, -0.2) is 17.8 Å². The first-order chi connectivity index (χ1) is 14.3. The Bertz CT molecular complexity index is 1080. The van der Waals surface area contributed by atoms with Crippen LogP contribution in [0.15, 0.2) is 58.9 Å². The molecule has 0 saturated carbocycles. The average molecular weight is 469 g/mol. The Morgan fingerprint density at radius 2 is 2.00 bits per heavy atom. The van der Waals surface area contributed by atoms with E-state index in [1.807, 2.05) is 37.3 Å². The van der Waals surface area contributed by atoms with Crippen molar-refractivity contribution >= 4 is 43.8 Å². The molecule has 0 fully saturated rings. The molecule has 2 atom stereocenters. The van der Waals surface area contributed by atoms with Gasteiger partial charge in [0, 0.05) is 24.2 Å². The summed E-state index contributed by atoms with van der Waals surface area (Å²) in [6.07, 6.45) is 2.19. The fourth-order valence-corrected chi connectivity index (χ4v) is 5.09. The van der Waals surface area contributed by atoms with Crippen LogP contribution in [0.3, 0.4) is 0 Å². The average Bonchev–Trinajstić information content (AvgIpc) is 3.20. The lowest BCUT2D eigenvalue weighted by molar-refractivity contribution is 0.462. The Kier molecular flexibility index (Phi) is 7.30. The molecular formula is C20H22ClFN4O2S2. The molecule has 0 aliphatic heterocycles. The third-order valence-electron chi connectivity index (χ3n) is 4.60. The van der Waals surface area contributed by atoms with Gasteiger partial charge in [-0.15, -0.1) is 11.3 Å². The Labute approximate surface area is 184 Å². The molecule has 2 aromatic carbocycles. The van der Waals surface area contributed by atoms with Crippen LogP contribution in [-0.2, 0) is 16.4 Å². The van der Waals surface area contributed by atoms with Crippen molar-refractivity contribution in [1.82, 2.24) is 4.98 Å². The van der Waals surface area contributed by atoms with E-state index >= 15 is 0 Å². The molecule has 160 valence electrons. The maximum Gasteiger partial charge on any atom is 0.266 e. The summed E-state index contributed by atoms with van der Waals surface area (Å²) in [7, 11) is -4.15. The van der Waals surface area contributed by atoms with Gasteiger partial charge in [0.1, 0.15) is 10.7 Å². The van der Waals surface area contributed by atoms with E-state index in [0.717, 1.165) is 35.5 Å². The van der Waals surface area contributed by atoms with Crippen LogP contribution in [0.2, 0.25) is 5.02 Å². The van der Waals surface area contributed by atoms with Crippen LogP contribution in [0, 0.1) is 11.7 Å². The van der Waals surface area contributed by atoms with Gasteiger partial charge in [0.25, 0.3) is 10.0 Å². The number of thiazole rings is 1. The normalized spacial score (nSPS) is 13.6. The molecular weight excluding hydrogens is 447 g/mol. The van der Waals surface area contributed by atoms with Crippen molar-refractivity contribution in [3.63, 3.8) is 0 Å². The van der Waals surface area contributed by atoms with Crippen LogP contribution in [0.1, 0.15) is 12.5 Å². The molecule has 10 heteroatoms. The summed E-state index contributed by atoms with van der Waals surface area (Å²) in [6.45, 7) is 2.37. The molecule has 1 aromatic heterocycles. The highest BCUT2D eigenvalue weighted by Crippen LogP contribution is 2.30. The van der Waals surface area contributed by atoms with Gasteiger partial charge >= 0.3 is 0 Å². The summed E-state index contributed by atoms with van der Waals surface area (Å²) < 4.78 is 41.8. The summed E-state index contributed by atoms with van der Waals surface area (Å²) in [6, 6.07) is 12.0. The zero-order chi connectivity index (χ0) is 21.7. The summed E-state index contributed by atoms with van der Waals surface area (Å²) >= 11 is 7.34. The SMILES string of the molecule is C[C@@H](N)[C@H](CNc1cc(F)c(S(=O)(=O)Nc2nccs2)cc1Cl)Cc1ccccc1. The van der Waals surface area contributed by atoms with E-state index in [0.29, 0.717) is 12.2 Å². The molecule has 0 spiro atoms. The van der Waals surface area contributed by atoms with Crippen molar-refractivity contribution in [3.8, 4) is 0 Å². The predicted molar refractivity (Wildman–Crippen MR) is 120 cm³/mol. The number of nitrogens with one attached hydrogen (secondary N) is 2. The Morgan fingerprint density at radius 3 is 2.63 bits per heavy atom. The highest BCUT2D eigenvalue weighted by Gasteiger charge is 2.23. The van der Waals surface area contributed by atoms with Gasteiger partial charge in [-0.3, -0.25) is 4.72 Å². The molecule has 1 heterocycles. The zero-order valence-corrected chi connectivity index (χ0v) is 18.6. The summed E-state index contributed by atoms with van der Waals surface area (Å²) in [5.74, 6) is -0.840. The number of rotatable bonds is 9. The second-order valence-electron chi connectivity index (χ2n) is 6.90. The van der Waals surface area contributed by atoms with Crippen LogP contribution in [0.5, 0.6) is 0 Å². The molecule has 0 bridgehead atoms. The lowest BCUT2D eigenvalue weighted by atomic mass is 9.93. The minimum Gasteiger partial charge on any atom is -0.383 e. The second kappa shape index (κ2) is 9.74. The number of nitrogens with zero attached hydrogens (tertiary/aromatic N) is 1. The van der Waals surface area contributed by atoms with E-state index in [-0.39, 0.29) is 22.1 Å². The van der Waals surface area contributed by atoms with E-state index < -0.39 is 20.7 Å². The van der Waals surface area contributed by atoms with E-state index in [9.17, 15) is 12.8 Å². The Balaban J connectivity index is 1.74. The standard InChI is InChI=1S/C20H22ClFN4O2S2/c1-13(23)15(9-14-5-3-2-4-6-14)12-25-18-11-17(22)19(10-16(18)21)30(27,28)26-20-24-7-8-29-20/h2-8,10-11,13,15,25H,9,12,23H2,1H3,(H,24,26)/t13-,15+/m1/s1. The number of hydrogen-bond donors (Lipinski definition) is 3. The number of nitrogens with two attached hydrogens (primary N) is 1. The quantitative estimate of drug-likeness (QED) is 0.433. The van der Waals surface area contributed by atoms with E-state index in [1.54, 1.807) is 5.38 Å². The van der Waals surface area contributed by atoms with Gasteiger partial charge < -0.3 is 11.1 Å². The molecule has 0 radical (unpaired) electrons. The molecule has 4 N–H and O–H groups in total. The number of anilines is 2. The number of aromatic nitrogens is 1. The molecule has 0 saturated heterocycles. The maximum atomic E-state index is 14.6. The van der Waals surface area contributed by atoms with Crippen LogP contribution < -0.4 is 15.8 Å². The van der Waals surface area contributed by atoms with Crippen LogP contribution >= 0.6 is 22.9 Å².